The van der Waals surface area contributed by atoms with Crippen molar-refractivity contribution in [3.8, 4) is 23.0 Å². The molecule has 0 heterocycles. The van der Waals surface area contributed by atoms with Crippen LogP contribution in [0.25, 0.3) is 0 Å². The first-order chi connectivity index (χ1) is 13.7. The van der Waals surface area contributed by atoms with E-state index in [0.717, 1.165) is 5.75 Å². The van der Waals surface area contributed by atoms with Crippen LogP contribution >= 0.6 is 0 Å². The fraction of sp³-hybridized carbons (Fsp3) is 0.136. The first kappa shape index (κ1) is 19.2. The number of hydrogen-bond acceptors (Lipinski definition) is 4. The first-order valence-corrected chi connectivity index (χ1v) is 8.82. The molecule has 1 amide bonds. The Bertz CT molecular complexity index is 928. The predicted molar refractivity (Wildman–Crippen MR) is 105 cm³/mol. The minimum Gasteiger partial charge on any atom is -0.494 e. The molecule has 0 radical (unpaired) electrons. The number of para-hydroxylation sites is 3. The highest BCUT2D eigenvalue weighted by molar-refractivity contribution is 5.93. The molecule has 144 valence electrons. The smallest absolute Gasteiger partial charge is 0.262 e. The summed E-state index contributed by atoms with van der Waals surface area (Å²) < 4.78 is 30.0. The highest BCUT2D eigenvalue weighted by Crippen LogP contribution is 2.30. The van der Waals surface area contributed by atoms with Gasteiger partial charge in [0.15, 0.2) is 23.9 Å². The van der Waals surface area contributed by atoms with Crippen LogP contribution < -0.4 is 19.5 Å². The van der Waals surface area contributed by atoms with Gasteiger partial charge in [-0.25, -0.2) is 4.39 Å². The van der Waals surface area contributed by atoms with Crippen LogP contribution in [0, 0.1) is 5.82 Å². The molecule has 0 spiro atoms. The summed E-state index contributed by atoms with van der Waals surface area (Å²) in [5.74, 6) is 0.914. The molecule has 0 saturated carbocycles. The third-order valence-electron chi connectivity index (χ3n) is 3.72. The predicted octanol–water partition coefficient (Wildman–Crippen LogP) is 5.03. The van der Waals surface area contributed by atoms with E-state index in [-0.39, 0.29) is 12.4 Å². The summed E-state index contributed by atoms with van der Waals surface area (Å²) in [4.78, 5) is 12.2. The monoisotopic (exact) mass is 381 g/mol. The second-order valence-corrected chi connectivity index (χ2v) is 5.77. The van der Waals surface area contributed by atoms with Crippen LogP contribution in [0.1, 0.15) is 6.92 Å². The number of carbonyl (C=O) groups is 1. The van der Waals surface area contributed by atoms with E-state index in [1.54, 1.807) is 48.5 Å². The molecule has 3 rings (SSSR count). The van der Waals surface area contributed by atoms with Gasteiger partial charge in [0.1, 0.15) is 11.5 Å². The Labute approximate surface area is 162 Å². The Hall–Kier alpha value is -3.54. The molecule has 3 aromatic carbocycles. The molecule has 6 heteroatoms. The van der Waals surface area contributed by atoms with Gasteiger partial charge in [-0.15, -0.1) is 0 Å². The summed E-state index contributed by atoms with van der Waals surface area (Å²) in [6, 6.07) is 20.1. The molecule has 0 saturated heterocycles. The highest BCUT2D eigenvalue weighted by Gasteiger charge is 2.10. The zero-order chi connectivity index (χ0) is 19.8. The maximum atomic E-state index is 13.6. The number of rotatable bonds is 8. The molecule has 0 fully saturated rings. The molecular weight excluding hydrogens is 361 g/mol. The van der Waals surface area contributed by atoms with Crippen LogP contribution in [0.15, 0.2) is 72.8 Å². The average Bonchev–Trinajstić information content (AvgIpc) is 2.70. The van der Waals surface area contributed by atoms with Crippen molar-refractivity contribution in [2.75, 3.05) is 18.5 Å². The Kier molecular flexibility index (Phi) is 6.46. The zero-order valence-corrected chi connectivity index (χ0v) is 15.4. The van der Waals surface area contributed by atoms with E-state index >= 15 is 0 Å². The van der Waals surface area contributed by atoms with Gasteiger partial charge in [-0.1, -0.05) is 24.3 Å². The van der Waals surface area contributed by atoms with Crippen LogP contribution in [-0.4, -0.2) is 19.1 Å². The van der Waals surface area contributed by atoms with Crippen LogP contribution in [0.3, 0.4) is 0 Å². The summed E-state index contributed by atoms with van der Waals surface area (Å²) in [5.41, 5.74) is 0.485. The van der Waals surface area contributed by atoms with E-state index in [0.29, 0.717) is 23.8 Å². The number of ether oxygens (including phenoxy) is 3. The minimum atomic E-state index is -0.519. The summed E-state index contributed by atoms with van der Waals surface area (Å²) in [6.07, 6.45) is 0. The van der Waals surface area contributed by atoms with Crippen molar-refractivity contribution in [3.05, 3.63) is 78.6 Å². The fourth-order valence-electron chi connectivity index (χ4n) is 2.45. The third kappa shape index (κ3) is 5.23. The van der Waals surface area contributed by atoms with Crippen molar-refractivity contribution >= 4 is 11.6 Å². The normalized spacial score (nSPS) is 10.2. The van der Waals surface area contributed by atoms with E-state index in [4.69, 9.17) is 14.2 Å². The standard InChI is InChI=1S/C22H20FNO4/c1-2-26-16-11-13-17(14-12-16)28-21-10-6-4-8-19(21)24-22(25)15-27-20-9-5-3-7-18(20)23/h3-14H,2,15H2,1H3,(H,24,25). The molecule has 0 bridgehead atoms. The quantitative estimate of drug-likeness (QED) is 0.594. The summed E-state index contributed by atoms with van der Waals surface area (Å²) in [5, 5.41) is 2.72. The van der Waals surface area contributed by atoms with Gasteiger partial charge >= 0.3 is 0 Å². The van der Waals surface area contributed by atoms with Gasteiger partial charge in [-0.2, -0.15) is 0 Å². The fourth-order valence-corrected chi connectivity index (χ4v) is 2.45. The number of carbonyl (C=O) groups excluding carboxylic acids is 1. The van der Waals surface area contributed by atoms with Gasteiger partial charge in [0.25, 0.3) is 5.91 Å². The summed E-state index contributed by atoms with van der Waals surface area (Å²) in [6.45, 7) is 2.18. The number of halogens is 1. The van der Waals surface area contributed by atoms with Gasteiger partial charge in [0.2, 0.25) is 0 Å². The second kappa shape index (κ2) is 9.41. The number of nitrogens with one attached hydrogen (secondary N) is 1. The van der Waals surface area contributed by atoms with Gasteiger partial charge in [-0.3, -0.25) is 4.79 Å². The van der Waals surface area contributed by atoms with Crippen LogP contribution in [0.5, 0.6) is 23.0 Å². The lowest BCUT2D eigenvalue weighted by atomic mass is 10.2. The molecule has 3 aromatic rings. The van der Waals surface area contributed by atoms with Crippen molar-refractivity contribution in [3.63, 3.8) is 0 Å². The van der Waals surface area contributed by atoms with E-state index in [2.05, 4.69) is 5.32 Å². The first-order valence-electron chi connectivity index (χ1n) is 8.82. The topological polar surface area (TPSA) is 56.8 Å². The van der Waals surface area contributed by atoms with E-state index in [1.165, 1.54) is 12.1 Å². The molecular formula is C22H20FNO4. The van der Waals surface area contributed by atoms with Gasteiger partial charge < -0.3 is 19.5 Å². The van der Waals surface area contributed by atoms with E-state index < -0.39 is 11.7 Å². The Morgan fingerprint density at radius 3 is 2.21 bits per heavy atom. The average molecular weight is 381 g/mol. The number of hydrogen-bond donors (Lipinski definition) is 1. The molecule has 0 atom stereocenters. The van der Waals surface area contributed by atoms with Crippen molar-refractivity contribution in [2.24, 2.45) is 0 Å². The Morgan fingerprint density at radius 1 is 0.857 bits per heavy atom. The Balaban J connectivity index is 1.63. The molecule has 1 N–H and O–H groups in total. The number of amides is 1. The van der Waals surface area contributed by atoms with Crippen LogP contribution in [-0.2, 0) is 4.79 Å². The number of anilines is 1. The second-order valence-electron chi connectivity index (χ2n) is 5.77. The van der Waals surface area contributed by atoms with Crippen molar-refractivity contribution < 1.29 is 23.4 Å². The molecule has 0 aliphatic rings. The largest absolute Gasteiger partial charge is 0.494 e. The maximum Gasteiger partial charge on any atom is 0.262 e. The maximum absolute atomic E-state index is 13.6. The lowest BCUT2D eigenvalue weighted by molar-refractivity contribution is -0.118. The third-order valence-corrected chi connectivity index (χ3v) is 3.72. The zero-order valence-electron chi connectivity index (χ0n) is 15.4. The molecule has 0 unspecified atom stereocenters. The molecule has 0 aliphatic carbocycles. The molecule has 5 nitrogen and oxygen atoms in total. The number of benzene rings is 3. The van der Waals surface area contributed by atoms with Gasteiger partial charge in [0.05, 0.1) is 12.3 Å². The Morgan fingerprint density at radius 2 is 1.50 bits per heavy atom. The highest BCUT2D eigenvalue weighted by atomic mass is 19.1. The SMILES string of the molecule is CCOc1ccc(Oc2ccccc2NC(=O)COc2ccccc2F)cc1. The van der Waals surface area contributed by atoms with Crippen LogP contribution in [0.2, 0.25) is 0 Å². The van der Waals surface area contributed by atoms with Crippen molar-refractivity contribution in [1.29, 1.82) is 0 Å². The van der Waals surface area contributed by atoms with Crippen LogP contribution in [0.4, 0.5) is 10.1 Å². The van der Waals surface area contributed by atoms with E-state index in [1.807, 2.05) is 19.1 Å². The molecule has 0 aromatic heterocycles. The lowest BCUT2D eigenvalue weighted by Gasteiger charge is -2.13. The van der Waals surface area contributed by atoms with Gasteiger partial charge in [0, 0.05) is 0 Å². The minimum absolute atomic E-state index is 0.0246. The lowest BCUT2D eigenvalue weighted by Crippen LogP contribution is -2.20. The summed E-state index contributed by atoms with van der Waals surface area (Å²) in [7, 11) is 0. The molecule has 28 heavy (non-hydrogen) atoms. The van der Waals surface area contributed by atoms with Crippen molar-refractivity contribution in [1.82, 2.24) is 0 Å². The van der Waals surface area contributed by atoms with Gasteiger partial charge in [-0.05, 0) is 55.5 Å². The molecule has 0 aliphatic heterocycles. The van der Waals surface area contributed by atoms with Crippen molar-refractivity contribution in [2.45, 2.75) is 6.92 Å². The van der Waals surface area contributed by atoms with E-state index in [9.17, 15) is 9.18 Å². The summed E-state index contributed by atoms with van der Waals surface area (Å²) >= 11 is 0.